The minimum absolute atomic E-state index is 0.0873. The van der Waals surface area contributed by atoms with E-state index in [0.29, 0.717) is 25.0 Å². The van der Waals surface area contributed by atoms with Gasteiger partial charge in [0.15, 0.2) is 0 Å². The highest BCUT2D eigenvalue weighted by Gasteiger charge is 2.38. The highest BCUT2D eigenvalue weighted by atomic mass is 16.2. The van der Waals surface area contributed by atoms with E-state index in [0.717, 1.165) is 19.4 Å². The van der Waals surface area contributed by atoms with E-state index in [-0.39, 0.29) is 18.0 Å². The van der Waals surface area contributed by atoms with Crippen molar-refractivity contribution < 1.29 is 9.59 Å². The van der Waals surface area contributed by atoms with Crippen LogP contribution in [0.25, 0.3) is 0 Å². The zero-order chi connectivity index (χ0) is 17.3. The molecule has 1 aliphatic carbocycles. The van der Waals surface area contributed by atoms with Crippen molar-refractivity contribution in [1.29, 1.82) is 0 Å². The number of carbonyl (C=O) groups excluding carboxylic acids is 2. The lowest BCUT2D eigenvalue weighted by Crippen LogP contribution is -2.48. The summed E-state index contributed by atoms with van der Waals surface area (Å²) < 4.78 is 0. The Labute approximate surface area is 144 Å². The van der Waals surface area contributed by atoms with Gasteiger partial charge in [0.1, 0.15) is 0 Å². The number of carbonyl (C=O) groups is 2. The Balaban J connectivity index is 1.70. The SMILES string of the molecule is CC(C)c1ccc(CN(C2CC2)[C@H](C)C(=O)N2CCNC2=O)cc1. The quantitative estimate of drug-likeness (QED) is 0.873. The van der Waals surface area contributed by atoms with Crippen molar-refractivity contribution in [3.05, 3.63) is 35.4 Å². The molecule has 130 valence electrons. The third-order valence-electron chi connectivity index (χ3n) is 5.01. The number of amides is 3. The van der Waals surface area contributed by atoms with E-state index in [1.807, 2.05) is 6.92 Å². The molecule has 0 aromatic heterocycles. The van der Waals surface area contributed by atoms with Gasteiger partial charge in [0, 0.05) is 25.7 Å². The van der Waals surface area contributed by atoms with Crippen molar-refractivity contribution in [1.82, 2.24) is 15.1 Å². The van der Waals surface area contributed by atoms with Crippen molar-refractivity contribution in [3.8, 4) is 0 Å². The van der Waals surface area contributed by atoms with Gasteiger partial charge in [-0.25, -0.2) is 4.79 Å². The van der Waals surface area contributed by atoms with Gasteiger partial charge in [-0.3, -0.25) is 14.6 Å². The lowest BCUT2D eigenvalue weighted by atomic mass is 10.0. The second-order valence-corrected chi connectivity index (χ2v) is 7.20. The Morgan fingerprint density at radius 3 is 2.42 bits per heavy atom. The summed E-state index contributed by atoms with van der Waals surface area (Å²) in [6, 6.07) is 8.58. The molecule has 0 spiro atoms. The number of hydrogen-bond donors (Lipinski definition) is 1. The summed E-state index contributed by atoms with van der Waals surface area (Å²) in [5.74, 6) is 0.434. The fourth-order valence-electron chi connectivity index (χ4n) is 3.26. The predicted octanol–water partition coefficient (Wildman–Crippen LogP) is 2.71. The average Bonchev–Trinajstić information content (AvgIpc) is 3.32. The van der Waals surface area contributed by atoms with Gasteiger partial charge in [0.05, 0.1) is 6.04 Å². The molecule has 0 unspecified atom stereocenters. The van der Waals surface area contributed by atoms with Gasteiger partial charge >= 0.3 is 6.03 Å². The minimum atomic E-state index is -0.272. The monoisotopic (exact) mass is 329 g/mol. The summed E-state index contributed by atoms with van der Waals surface area (Å²) >= 11 is 0. The molecular weight excluding hydrogens is 302 g/mol. The molecule has 1 N–H and O–H groups in total. The molecule has 5 heteroatoms. The highest BCUT2D eigenvalue weighted by Crippen LogP contribution is 2.31. The number of imide groups is 1. The van der Waals surface area contributed by atoms with E-state index in [2.05, 4.69) is 48.3 Å². The van der Waals surface area contributed by atoms with Crippen LogP contribution in [-0.2, 0) is 11.3 Å². The highest BCUT2D eigenvalue weighted by molar-refractivity contribution is 5.98. The van der Waals surface area contributed by atoms with Crippen molar-refractivity contribution in [3.63, 3.8) is 0 Å². The van der Waals surface area contributed by atoms with Crippen LogP contribution >= 0.6 is 0 Å². The van der Waals surface area contributed by atoms with E-state index < -0.39 is 0 Å². The van der Waals surface area contributed by atoms with Crippen LogP contribution in [0.3, 0.4) is 0 Å². The maximum absolute atomic E-state index is 12.7. The Kier molecular flexibility index (Phi) is 4.90. The summed E-state index contributed by atoms with van der Waals surface area (Å²) in [5, 5.41) is 2.70. The molecule has 5 nitrogen and oxygen atoms in total. The van der Waals surface area contributed by atoms with Gasteiger partial charge in [-0.2, -0.15) is 0 Å². The van der Waals surface area contributed by atoms with E-state index in [1.54, 1.807) is 0 Å². The Hall–Kier alpha value is -1.88. The van der Waals surface area contributed by atoms with Crippen LogP contribution in [0.1, 0.15) is 50.7 Å². The van der Waals surface area contributed by atoms with Gasteiger partial charge in [-0.1, -0.05) is 38.1 Å². The molecule has 0 radical (unpaired) electrons. The van der Waals surface area contributed by atoms with Crippen LogP contribution in [0.4, 0.5) is 4.79 Å². The molecule has 2 fully saturated rings. The zero-order valence-electron chi connectivity index (χ0n) is 14.8. The predicted molar refractivity (Wildman–Crippen MR) is 93.7 cm³/mol. The van der Waals surface area contributed by atoms with Crippen molar-refractivity contribution >= 4 is 11.9 Å². The molecule has 1 aliphatic heterocycles. The Morgan fingerprint density at radius 1 is 1.25 bits per heavy atom. The van der Waals surface area contributed by atoms with Gasteiger partial charge in [-0.15, -0.1) is 0 Å². The third-order valence-corrected chi connectivity index (χ3v) is 5.01. The molecule has 1 aromatic carbocycles. The molecule has 1 atom stereocenters. The van der Waals surface area contributed by atoms with Crippen LogP contribution in [-0.4, -0.2) is 46.9 Å². The normalized spacial score (nSPS) is 19.0. The molecule has 1 saturated heterocycles. The van der Waals surface area contributed by atoms with E-state index in [4.69, 9.17) is 0 Å². The number of nitrogens with zero attached hydrogens (tertiary/aromatic N) is 2. The topological polar surface area (TPSA) is 52.7 Å². The first kappa shape index (κ1) is 17.0. The van der Waals surface area contributed by atoms with Crippen LogP contribution < -0.4 is 5.32 Å². The number of hydrogen-bond acceptors (Lipinski definition) is 3. The van der Waals surface area contributed by atoms with Crippen LogP contribution in [0.15, 0.2) is 24.3 Å². The van der Waals surface area contributed by atoms with Gasteiger partial charge in [0.25, 0.3) is 0 Å². The van der Waals surface area contributed by atoms with E-state index >= 15 is 0 Å². The lowest BCUT2D eigenvalue weighted by molar-refractivity contribution is -0.133. The summed E-state index contributed by atoms with van der Waals surface area (Å²) in [6.45, 7) is 8.09. The molecule has 0 bridgehead atoms. The first-order valence-corrected chi connectivity index (χ1v) is 8.91. The fraction of sp³-hybridized carbons (Fsp3) is 0.579. The molecule has 3 amide bonds. The van der Waals surface area contributed by atoms with Gasteiger partial charge < -0.3 is 5.32 Å². The standard InChI is InChI=1S/C19H27N3O2/c1-13(2)16-6-4-15(5-7-16)12-22(17-8-9-17)14(3)18(23)21-11-10-20-19(21)24/h4-7,13-14,17H,8-12H2,1-3H3,(H,20,24)/t14-/m1/s1. The zero-order valence-corrected chi connectivity index (χ0v) is 14.8. The molecule has 24 heavy (non-hydrogen) atoms. The van der Waals surface area contributed by atoms with Crippen LogP contribution in [0, 0.1) is 0 Å². The number of benzene rings is 1. The van der Waals surface area contributed by atoms with Crippen molar-refractivity contribution in [2.45, 2.75) is 58.2 Å². The molecular formula is C19H27N3O2. The van der Waals surface area contributed by atoms with Crippen molar-refractivity contribution in [2.24, 2.45) is 0 Å². The second-order valence-electron chi connectivity index (χ2n) is 7.20. The fourth-order valence-corrected chi connectivity index (χ4v) is 3.26. The average molecular weight is 329 g/mol. The summed E-state index contributed by atoms with van der Waals surface area (Å²) in [4.78, 5) is 28.0. The minimum Gasteiger partial charge on any atom is -0.336 e. The molecule has 3 rings (SSSR count). The maximum Gasteiger partial charge on any atom is 0.324 e. The molecule has 1 aromatic rings. The van der Waals surface area contributed by atoms with E-state index in [1.165, 1.54) is 16.0 Å². The maximum atomic E-state index is 12.7. The van der Waals surface area contributed by atoms with Gasteiger partial charge in [-0.05, 0) is 36.8 Å². The summed E-state index contributed by atoms with van der Waals surface area (Å²) in [7, 11) is 0. The summed E-state index contributed by atoms with van der Waals surface area (Å²) in [5.41, 5.74) is 2.55. The largest absolute Gasteiger partial charge is 0.336 e. The third kappa shape index (κ3) is 3.61. The first-order chi connectivity index (χ1) is 11.5. The number of urea groups is 1. The van der Waals surface area contributed by atoms with Crippen LogP contribution in [0.2, 0.25) is 0 Å². The number of nitrogens with one attached hydrogen (secondary N) is 1. The summed E-state index contributed by atoms with van der Waals surface area (Å²) in [6.07, 6.45) is 2.27. The van der Waals surface area contributed by atoms with E-state index in [9.17, 15) is 9.59 Å². The molecule has 2 aliphatic rings. The Morgan fingerprint density at radius 2 is 1.92 bits per heavy atom. The first-order valence-electron chi connectivity index (χ1n) is 8.91. The lowest BCUT2D eigenvalue weighted by Gasteiger charge is -2.30. The molecule has 1 saturated carbocycles. The van der Waals surface area contributed by atoms with Gasteiger partial charge in [0.2, 0.25) is 5.91 Å². The molecule has 1 heterocycles. The number of rotatable bonds is 6. The Bertz CT molecular complexity index is 608. The van der Waals surface area contributed by atoms with Crippen LogP contribution in [0.5, 0.6) is 0 Å². The smallest absolute Gasteiger partial charge is 0.324 e. The second kappa shape index (κ2) is 6.93. The van der Waals surface area contributed by atoms with Crippen molar-refractivity contribution in [2.75, 3.05) is 13.1 Å².